The van der Waals surface area contributed by atoms with Crippen molar-refractivity contribution in [3.05, 3.63) is 89.9 Å². The van der Waals surface area contributed by atoms with Crippen molar-refractivity contribution < 1.29 is 23.4 Å². The predicted molar refractivity (Wildman–Crippen MR) is 119 cm³/mol. The van der Waals surface area contributed by atoms with Crippen LogP contribution in [0.2, 0.25) is 0 Å². The van der Waals surface area contributed by atoms with Gasteiger partial charge in [0.2, 0.25) is 0 Å². The zero-order valence-corrected chi connectivity index (χ0v) is 17.7. The van der Waals surface area contributed by atoms with Crippen LogP contribution < -0.4 is 10.3 Å². The molecule has 3 N–H and O–H groups in total. The molecule has 0 aliphatic heterocycles. The number of para-hydroxylation sites is 1. The summed E-state index contributed by atoms with van der Waals surface area (Å²) >= 11 is 0. The van der Waals surface area contributed by atoms with Crippen LogP contribution in [0.1, 0.15) is 10.4 Å². The van der Waals surface area contributed by atoms with E-state index in [0.717, 1.165) is 40.2 Å². The zero-order valence-electron chi connectivity index (χ0n) is 16.9. The maximum atomic E-state index is 12.7. The number of phenols is 1. The molecule has 1 aromatic heterocycles. The number of nitrogens with one attached hydrogen (secondary N) is 1. The number of hydrogen-bond acceptors (Lipinski definition) is 5. The van der Waals surface area contributed by atoms with Crippen LogP contribution in [-0.2, 0) is 17.1 Å². The Labute approximate surface area is 183 Å². The molecule has 32 heavy (non-hydrogen) atoms. The number of aromatic hydroxyl groups is 1. The highest BCUT2D eigenvalue weighted by Crippen LogP contribution is 2.26. The van der Waals surface area contributed by atoms with E-state index in [9.17, 15) is 18.3 Å². The van der Waals surface area contributed by atoms with Gasteiger partial charge in [0.05, 0.1) is 4.90 Å². The first-order valence-electron chi connectivity index (χ1n) is 9.54. The van der Waals surface area contributed by atoms with Gasteiger partial charge >= 0.3 is 5.97 Å². The van der Waals surface area contributed by atoms with Crippen molar-refractivity contribution in [1.29, 1.82) is 0 Å². The van der Waals surface area contributed by atoms with E-state index in [1.54, 1.807) is 17.7 Å². The van der Waals surface area contributed by atoms with Gasteiger partial charge in [-0.05, 0) is 41.5 Å². The van der Waals surface area contributed by atoms with E-state index in [1.807, 2.05) is 54.6 Å². The summed E-state index contributed by atoms with van der Waals surface area (Å²) in [5, 5.41) is 23.9. The minimum atomic E-state index is -4.18. The van der Waals surface area contributed by atoms with Crippen LogP contribution in [0.25, 0.3) is 22.0 Å². The first-order chi connectivity index (χ1) is 15.3. The van der Waals surface area contributed by atoms with Gasteiger partial charge in [-0.1, -0.05) is 48.5 Å². The Morgan fingerprint density at radius 3 is 2.38 bits per heavy atom. The highest BCUT2D eigenvalue weighted by atomic mass is 32.2. The summed E-state index contributed by atoms with van der Waals surface area (Å²) in [5.41, 5.74) is 2.52. The Bertz CT molecular complexity index is 1510. The number of hydrogen-bond donors (Lipinski definition) is 3. The van der Waals surface area contributed by atoms with E-state index in [2.05, 4.69) is 9.93 Å². The lowest BCUT2D eigenvalue weighted by Crippen LogP contribution is -2.26. The average molecular weight is 449 g/mol. The molecule has 8 nitrogen and oxygen atoms in total. The Morgan fingerprint density at radius 2 is 1.66 bits per heavy atom. The summed E-state index contributed by atoms with van der Waals surface area (Å²) in [6.07, 6.45) is 0. The Morgan fingerprint density at radius 1 is 0.969 bits per heavy atom. The van der Waals surface area contributed by atoms with Crippen LogP contribution in [0.15, 0.2) is 88.9 Å². The molecule has 0 radical (unpaired) electrons. The summed E-state index contributed by atoms with van der Waals surface area (Å²) in [6.45, 7) is 0. The van der Waals surface area contributed by atoms with Crippen molar-refractivity contribution in [3.63, 3.8) is 0 Å². The summed E-state index contributed by atoms with van der Waals surface area (Å²) < 4.78 is 27.2. The maximum absolute atomic E-state index is 12.7. The number of carboxylic acids is 1. The summed E-state index contributed by atoms with van der Waals surface area (Å²) in [4.78, 5) is 13.1. The second-order valence-corrected chi connectivity index (χ2v) is 8.71. The Balaban J connectivity index is 1.84. The highest BCUT2D eigenvalue weighted by Gasteiger charge is 2.18. The summed E-state index contributed by atoms with van der Waals surface area (Å²) in [6, 6.07) is 22.2. The van der Waals surface area contributed by atoms with Crippen molar-refractivity contribution in [2.24, 2.45) is 12.1 Å². The number of aromatic carboxylic acids is 1. The third-order valence-electron chi connectivity index (χ3n) is 5.05. The van der Waals surface area contributed by atoms with Crippen LogP contribution in [0, 0.1) is 0 Å². The topological polar surface area (TPSA) is 121 Å². The summed E-state index contributed by atoms with van der Waals surface area (Å²) in [5.74, 6) is -1.97. The van der Waals surface area contributed by atoms with Crippen LogP contribution >= 0.6 is 0 Å². The molecule has 4 aromatic rings. The number of carbonyl (C=O) groups is 1. The lowest BCUT2D eigenvalue weighted by Gasteiger charge is -2.12. The number of sulfonamides is 1. The number of pyridine rings is 1. The van der Waals surface area contributed by atoms with Gasteiger partial charge in [-0.25, -0.2) is 4.79 Å². The zero-order chi connectivity index (χ0) is 22.9. The third kappa shape index (κ3) is 3.93. The van der Waals surface area contributed by atoms with Gasteiger partial charge in [0, 0.05) is 18.0 Å². The van der Waals surface area contributed by atoms with E-state index in [-0.39, 0.29) is 4.90 Å². The molecule has 1 heterocycles. The lowest BCUT2D eigenvalue weighted by molar-refractivity contribution is 0.0693. The number of aryl methyl sites for hydroxylation is 1. The molecule has 0 unspecified atom stereocenters. The van der Waals surface area contributed by atoms with Gasteiger partial charge in [0.1, 0.15) is 11.3 Å². The molecule has 162 valence electrons. The van der Waals surface area contributed by atoms with Crippen LogP contribution in [-0.4, -0.2) is 29.2 Å². The fourth-order valence-corrected chi connectivity index (χ4v) is 4.24. The largest absolute Gasteiger partial charge is 0.507 e. The minimum absolute atomic E-state index is 0.330. The lowest BCUT2D eigenvalue weighted by atomic mass is 10.0. The van der Waals surface area contributed by atoms with Gasteiger partial charge < -0.3 is 14.8 Å². The molecule has 0 spiro atoms. The second kappa shape index (κ2) is 8.20. The number of nitrogens with zero attached hydrogens (tertiary/aromatic N) is 2. The Kier molecular flexibility index (Phi) is 5.41. The molecule has 0 aliphatic rings. The van der Waals surface area contributed by atoms with E-state index in [1.165, 1.54) is 0 Å². The molecule has 0 saturated heterocycles. The van der Waals surface area contributed by atoms with Crippen LogP contribution in [0.5, 0.6) is 5.75 Å². The molecular weight excluding hydrogens is 430 g/mol. The van der Waals surface area contributed by atoms with E-state index in [0.29, 0.717) is 5.49 Å². The monoisotopic (exact) mass is 449 g/mol. The minimum Gasteiger partial charge on any atom is -0.507 e. The van der Waals surface area contributed by atoms with Crippen molar-refractivity contribution in [3.8, 4) is 16.9 Å². The number of aromatic nitrogens is 1. The van der Waals surface area contributed by atoms with Crippen molar-refractivity contribution in [2.75, 3.05) is 0 Å². The Hall–Kier alpha value is -4.11. The van der Waals surface area contributed by atoms with Crippen LogP contribution in [0.4, 0.5) is 0 Å². The number of rotatable bonds is 5. The van der Waals surface area contributed by atoms with Gasteiger partial charge in [0.25, 0.3) is 10.0 Å². The fraction of sp³-hybridized carbons (Fsp3) is 0.0435. The predicted octanol–water partition coefficient (Wildman–Crippen LogP) is 3.04. The standard InChI is InChI=1S/C23H19N3O5S/c1-26-20-10-6-5-9-17(20)18(15-7-3-2-4-8-15)14-22(26)24-25-32(30,31)16-11-12-21(27)19(13-16)23(28)29/h2-14,25,27H,1H3,(H,28,29)/b24-22-. The van der Waals surface area contributed by atoms with Gasteiger partial charge in [-0.15, -0.1) is 5.10 Å². The third-order valence-corrected chi connectivity index (χ3v) is 6.25. The number of benzene rings is 3. The molecule has 0 bridgehead atoms. The average Bonchev–Trinajstić information content (AvgIpc) is 2.79. The first-order valence-corrected chi connectivity index (χ1v) is 11.0. The maximum Gasteiger partial charge on any atom is 0.339 e. The van der Waals surface area contributed by atoms with Crippen molar-refractivity contribution in [1.82, 2.24) is 9.40 Å². The highest BCUT2D eigenvalue weighted by molar-refractivity contribution is 7.89. The number of fused-ring (bicyclic) bond motifs is 1. The van der Waals surface area contributed by atoms with Crippen LogP contribution in [0.3, 0.4) is 0 Å². The van der Waals surface area contributed by atoms with Crippen molar-refractivity contribution >= 4 is 26.9 Å². The fourth-order valence-electron chi connectivity index (χ4n) is 3.40. The normalized spacial score (nSPS) is 12.1. The molecule has 0 fully saturated rings. The van der Waals surface area contributed by atoms with Crippen molar-refractivity contribution in [2.45, 2.75) is 4.90 Å². The van der Waals surface area contributed by atoms with E-state index in [4.69, 9.17) is 5.11 Å². The smallest absolute Gasteiger partial charge is 0.339 e. The molecule has 0 aliphatic carbocycles. The molecule has 3 aromatic carbocycles. The molecule has 4 rings (SSSR count). The molecule has 0 atom stereocenters. The quantitative estimate of drug-likeness (QED) is 0.405. The van der Waals surface area contributed by atoms with Gasteiger partial charge in [0.15, 0.2) is 5.49 Å². The van der Waals surface area contributed by atoms with E-state index >= 15 is 0 Å². The van der Waals surface area contributed by atoms with Gasteiger partial charge in [-0.3, -0.25) is 0 Å². The molecular formula is C23H19N3O5S. The molecule has 0 saturated carbocycles. The number of carboxylic acid groups (broad SMARTS) is 1. The second-order valence-electron chi connectivity index (χ2n) is 7.05. The van der Waals surface area contributed by atoms with E-state index < -0.39 is 27.3 Å². The summed E-state index contributed by atoms with van der Waals surface area (Å²) in [7, 11) is -2.41. The molecule has 0 amide bonds. The van der Waals surface area contributed by atoms with Gasteiger partial charge in [-0.2, -0.15) is 13.2 Å². The first kappa shape index (κ1) is 21.1. The SMILES string of the molecule is Cn1/c(=N\NS(=O)(=O)c2ccc(O)c(C(=O)O)c2)cc(-c2ccccc2)c2ccccc21. The molecule has 9 heteroatoms.